The molecule has 0 aromatic carbocycles. The molecule has 84 valence electrons. The molecule has 0 atom stereocenters. The lowest BCUT2D eigenvalue weighted by Crippen LogP contribution is -2.14. The lowest BCUT2D eigenvalue weighted by Gasteiger charge is -2.13. The summed E-state index contributed by atoms with van der Waals surface area (Å²) in [5.74, 6) is 2.27. The van der Waals surface area contributed by atoms with E-state index in [-0.39, 0.29) is 0 Å². The second-order valence-electron chi connectivity index (χ2n) is 3.58. The molecule has 0 unspecified atom stereocenters. The molecule has 0 fully saturated rings. The van der Waals surface area contributed by atoms with Gasteiger partial charge in [-0.05, 0) is 12.0 Å². The van der Waals surface area contributed by atoms with E-state index in [9.17, 15) is 0 Å². The van der Waals surface area contributed by atoms with Crippen molar-refractivity contribution in [3.05, 3.63) is 12.3 Å². The van der Waals surface area contributed by atoms with Gasteiger partial charge in [0.25, 0.3) is 0 Å². The Morgan fingerprint density at radius 2 is 2.07 bits per heavy atom. The first kappa shape index (κ1) is 11.8. The molecule has 0 saturated carbocycles. The summed E-state index contributed by atoms with van der Waals surface area (Å²) in [6, 6.07) is 1.89. The van der Waals surface area contributed by atoms with Gasteiger partial charge in [-0.1, -0.05) is 26.7 Å². The van der Waals surface area contributed by atoms with Crippen molar-refractivity contribution in [1.29, 1.82) is 0 Å². The Morgan fingerprint density at radius 1 is 1.33 bits per heavy atom. The fraction of sp³-hybridized carbons (Fsp3) is 0.636. The molecule has 0 aliphatic rings. The van der Waals surface area contributed by atoms with Crippen LogP contribution in [0.5, 0.6) is 0 Å². The molecule has 1 aromatic heterocycles. The van der Waals surface area contributed by atoms with Gasteiger partial charge in [-0.25, -0.2) is 4.98 Å². The highest BCUT2D eigenvalue weighted by atomic mass is 15.1. The minimum atomic E-state index is 0.657. The van der Waals surface area contributed by atoms with Crippen LogP contribution in [0.4, 0.5) is 11.8 Å². The van der Waals surface area contributed by atoms with Crippen molar-refractivity contribution in [2.24, 2.45) is 5.92 Å². The highest BCUT2D eigenvalue weighted by Gasteiger charge is 2.03. The molecule has 0 radical (unpaired) electrons. The molecule has 0 saturated heterocycles. The van der Waals surface area contributed by atoms with Crippen LogP contribution in [0.3, 0.4) is 0 Å². The summed E-state index contributed by atoms with van der Waals surface area (Å²) in [6.45, 7) is 5.41. The van der Waals surface area contributed by atoms with Crippen LogP contribution < -0.4 is 10.6 Å². The fourth-order valence-corrected chi connectivity index (χ4v) is 1.40. The molecule has 1 heterocycles. The van der Waals surface area contributed by atoms with Crippen LogP contribution in [0.25, 0.3) is 0 Å². The molecule has 0 bridgehead atoms. The van der Waals surface area contributed by atoms with Crippen molar-refractivity contribution in [2.45, 2.75) is 26.7 Å². The molecule has 0 amide bonds. The van der Waals surface area contributed by atoms with E-state index in [4.69, 9.17) is 0 Å². The first-order chi connectivity index (χ1) is 7.30. The number of nitrogens with one attached hydrogen (secondary N) is 2. The average Bonchev–Trinajstić information content (AvgIpc) is 2.31. The SMILES string of the molecule is CCC(CC)CNc1ccnc(NC)n1. The largest absolute Gasteiger partial charge is 0.370 e. The molecule has 0 spiro atoms. The van der Waals surface area contributed by atoms with Crippen molar-refractivity contribution < 1.29 is 0 Å². The van der Waals surface area contributed by atoms with Crippen LogP contribution >= 0.6 is 0 Å². The van der Waals surface area contributed by atoms with E-state index in [1.165, 1.54) is 12.8 Å². The van der Waals surface area contributed by atoms with Gasteiger partial charge in [-0.2, -0.15) is 4.98 Å². The van der Waals surface area contributed by atoms with Crippen LogP contribution in [0, 0.1) is 5.92 Å². The summed E-state index contributed by atoms with van der Waals surface area (Å²) in [4.78, 5) is 8.36. The lowest BCUT2D eigenvalue weighted by molar-refractivity contribution is 0.518. The second kappa shape index (κ2) is 6.22. The lowest BCUT2D eigenvalue weighted by atomic mass is 10.0. The van der Waals surface area contributed by atoms with Gasteiger partial charge in [0.2, 0.25) is 5.95 Å². The topological polar surface area (TPSA) is 49.8 Å². The molecule has 1 rings (SSSR count). The summed E-state index contributed by atoms with van der Waals surface area (Å²) < 4.78 is 0. The molecule has 0 aliphatic heterocycles. The minimum absolute atomic E-state index is 0.657. The highest BCUT2D eigenvalue weighted by molar-refractivity contribution is 5.39. The van der Waals surface area contributed by atoms with Gasteiger partial charge in [0.15, 0.2) is 0 Å². The highest BCUT2D eigenvalue weighted by Crippen LogP contribution is 2.10. The Kier molecular flexibility index (Phi) is 4.87. The zero-order valence-corrected chi connectivity index (χ0v) is 9.75. The standard InChI is InChI=1S/C11H20N4/c1-4-9(5-2)8-14-10-6-7-13-11(12-3)15-10/h6-7,9H,4-5,8H2,1-3H3,(H2,12,13,14,15). The Labute approximate surface area is 91.5 Å². The third-order valence-electron chi connectivity index (χ3n) is 2.61. The monoisotopic (exact) mass is 208 g/mol. The van der Waals surface area contributed by atoms with Gasteiger partial charge in [-0.3, -0.25) is 0 Å². The van der Waals surface area contributed by atoms with E-state index >= 15 is 0 Å². The molecule has 0 aliphatic carbocycles. The predicted octanol–water partition coefficient (Wildman–Crippen LogP) is 2.37. The molecule has 4 heteroatoms. The molecule has 2 N–H and O–H groups in total. The fourth-order valence-electron chi connectivity index (χ4n) is 1.40. The number of rotatable bonds is 6. The normalized spacial score (nSPS) is 10.4. The smallest absolute Gasteiger partial charge is 0.224 e. The van der Waals surface area contributed by atoms with Crippen LogP contribution in [0.1, 0.15) is 26.7 Å². The summed E-state index contributed by atoms with van der Waals surface area (Å²) in [5.41, 5.74) is 0. The zero-order chi connectivity index (χ0) is 11.1. The van der Waals surface area contributed by atoms with Crippen LogP contribution in [0.15, 0.2) is 12.3 Å². The summed E-state index contributed by atoms with van der Waals surface area (Å²) in [7, 11) is 1.82. The van der Waals surface area contributed by atoms with Crippen LogP contribution in [-0.2, 0) is 0 Å². The number of anilines is 2. The van der Waals surface area contributed by atoms with E-state index < -0.39 is 0 Å². The summed E-state index contributed by atoms with van der Waals surface area (Å²) in [6.07, 6.45) is 4.16. The van der Waals surface area contributed by atoms with Crippen LogP contribution in [0.2, 0.25) is 0 Å². The number of hydrogen-bond donors (Lipinski definition) is 2. The maximum absolute atomic E-state index is 4.30. The first-order valence-corrected chi connectivity index (χ1v) is 5.54. The van der Waals surface area contributed by atoms with Crippen molar-refractivity contribution in [2.75, 3.05) is 24.2 Å². The third kappa shape index (κ3) is 3.73. The van der Waals surface area contributed by atoms with Gasteiger partial charge in [0, 0.05) is 19.8 Å². The van der Waals surface area contributed by atoms with Crippen molar-refractivity contribution >= 4 is 11.8 Å². The Bertz CT molecular complexity index is 284. The Hall–Kier alpha value is -1.32. The minimum Gasteiger partial charge on any atom is -0.370 e. The van der Waals surface area contributed by atoms with E-state index in [1.54, 1.807) is 6.20 Å². The molecule has 1 aromatic rings. The molecule has 4 nitrogen and oxygen atoms in total. The van der Waals surface area contributed by atoms with Crippen molar-refractivity contribution in [1.82, 2.24) is 9.97 Å². The maximum atomic E-state index is 4.30. The second-order valence-corrected chi connectivity index (χ2v) is 3.58. The summed E-state index contributed by atoms with van der Waals surface area (Å²) >= 11 is 0. The Morgan fingerprint density at radius 3 is 2.67 bits per heavy atom. The number of aromatic nitrogens is 2. The molecular formula is C11H20N4. The molecule has 15 heavy (non-hydrogen) atoms. The average molecular weight is 208 g/mol. The molecular weight excluding hydrogens is 188 g/mol. The van der Waals surface area contributed by atoms with Gasteiger partial charge in [-0.15, -0.1) is 0 Å². The van der Waals surface area contributed by atoms with Gasteiger partial charge in [0.05, 0.1) is 0 Å². The number of hydrogen-bond acceptors (Lipinski definition) is 4. The predicted molar refractivity (Wildman–Crippen MR) is 64.1 cm³/mol. The van der Waals surface area contributed by atoms with Gasteiger partial charge in [0.1, 0.15) is 5.82 Å². The van der Waals surface area contributed by atoms with E-state index in [2.05, 4.69) is 34.4 Å². The maximum Gasteiger partial charge on any atom is 0.224 e. The zero-order valence-electron chi connectivity index (χ0n) is 9.75. The third-order valence-corrected chi connectivity index (χ3v) is 2.61. The van der Waals surface area contributed by atoms with Gasteiger partial charge < -0.3 is 10.6 Å². The van der Waals surface area contributed by atoms with Crippen molar-refractivity contribution in [3.63, 3.8) is 0 Å². The summed E-state index contributed by atoms with van der Waals surface area (Å²) in [5, 5.41) is 6.25. The van der Waals surface area contributed by atoms with E-state index in [0.717, 1.165) is 18.3 Å². The quantitative estimate of drug-likeness (QED) is 0.753. The van der Waals surface area contributed by atoms with Crippen LogP contribution in [-0.4, -0.2) is 23.6 Å². The van der Waals surface area contributed by atoms with Crippen molar-refractivity contribution in [3.8, 4) is 0 Å². The Balaban J connectivity index is 2.49. The van der Waals surface area contributed by atoms with E-state index in [0.29, 0.717) is 5.95 Å². The van der Waals surface area contributed by atoms with Gasteiger partial charge >= 0.3 is 0 Å². The number of nitrogens with zero attached hydrogens (tertiary/aromatic N) is 2. The first-order valence-electron chi connectivity index (χ1n) is 5.54. The van der Waals surface area contributed by atoms with E-state index in [1.807, 2.05) is 13.1 Å².